The standard InChI is InChI=1S/C25H22F7N3O3/c26-16-3-6-18(19(27)7-16)23(37,12-35-14-33-13-34-35)25(31,32)22-9-21(10-22,11-22)15-1-4-17(5-2-15)38-8-20(36)24(28,29)30/h1-7,13-14,20,36-37H,8-12H2/t20-,21?,22?,23-/m0/s1. The van der Waals surface area contributed by atoms with Gasteiger partial charge in [0.05, 0.1) is 6.54 Å². The molecule has 204 valence electrons. The van der Waals surface area contributed by atoms with Crippen LogP contribution in [0.2, 0.25) is 0 Å². The first-order valence-corrected chi connectivity index (χ1v) is 11.6. The van der Waals surface area contributed by atoms with Crippen LogP contribution in [0.1, 0.15) is 30.4 Å². The molecule has 2 aromatic carbocycles. The van der Waals surface area contributed by atoms with Crippen LogP contribution in [-0.2, 0) is 17.6 Å². The lowest BCUT2D eigenvalue weighted by molar-refractivity contribution is -0.347. The van der Waals surface area contributed by atoms with Crippen molar-refractivity contribution in [2.75, 3.05) is 6.61 Å². The molecule has 3 aliphatic rings. The van der Waals surface area contributed by atoms with Crippen molar-refractivity contribution in [3.8, 4) is 5.75 Å². The Hall–Kier alpha value is -3.19. The van der Waals surface area contributed by atoms with Crippen LogP contribution in [0, 0.1) is 17.0 Å². The van der Waals surface area contributed by atoms with Crippen molar-refractivity contribution in [2.24, 2.45) is 5.41 Å². The molecule has 3 aliphatic carbocycles. The molecule has 0 saturated heterocycles. The average Bonchev–Trinajstić information content (AvgIpc) is 3.28. The molecule has 0 unspecified atom stereocenters. The van der Waals surface area contributed by atoms with Crippen molar-refractivity contribution in [3.63, 3.8) is 0 Å². The minimum atomic E-state index is -4.82. The van der Waals surface area contributed by atoms with Gasteiger partial charge in [-0.25, -0.2) is 27.2 Å². The summed E-state index contributed by atoms with van der Waals surface area (Å²) in [6.07, 6.45) is -5.41. The van der Waals surface area contributed by atoms with Crippen LogP contribution in [0.4, 0.5) is 30.7 Å². The van der Waals surface area contributed by atoms with Crippen molar-refractivity contribution in [3.05, 3.63) is 77.9 Å². The minimum absolute atomic E-state index is 0.0392. The van der Waals surface area contributed by atoms with E-state index in [0.717, 1.165) is 29.5 Å². The first-order chi connectivity index (χ1) is 17.7. The second kappa shape index (κ2) is 8.67. The third-order valence-corrected chi connectivity index (χ3v) is 7.70. The average molecular weight is 545 g/mol. The summed E-state index contributed by atoms with van der Waals surface area (Å²) >= 11 is 0. The molecule has 2 N–H and O–H groups in total. The predicted molar refractivity (Wildman–Crippen MR) is 117 cm³/mol. The van der Waals surface area contributed by atoms with E-state index in [1.165, 1.54) is 12.1 Å². The highest BCUT2D eigenvalue weighted by atomic mass is 19.4. The molecule has 2 atom stereocenters. The summed E-state index contributed by atoms with van der Waals surface area (Å²) in [5.41, 5.74) is -5.49. The number of aromatic nitrogens is 3. The molecule has 3 saturated carbocycles. The van der Waals surface area contributed by atoms with Crippen molar-refractivity contribution in [2.45, 2.75) is 55.0 Å². The zero-order chi connectivity index (χ0) is 27.6. The first kappa shape index (κ1) is 26.4. The highest BCUT2D eigenvalue weighted by Crippen LogP contribution is 2.80. The van der Waals surface area contributed by atoms with E-state index in [0.29, 0.717) is 11.6 Å². The Morgan fingerprint density at radius 3 is 2.21 bits per heavy atom. The van der Waals surface area contributed by atoms with Gasteiger partial charge >= 0.3 is 6.18 Å². The number of alkyl halides is 5. The van der Waals surface area contributed by atoms with Crippen LogP contribution < -0.4 is 4.74 Å². The summed E-state index contributed by atoms with van der Waals surface area (Å²) in [5, 5.41) is 24.2. The van der Waals surface area contributed by atoms with E-state index in [2.05, 4.69) is 10.1 Å². The second-order valence-corrected chi connectivity index (χ2v) is 10.1. The molecule has 0 amide bonds. The van der Waals surface area contributed by atoms with Crippen LogP contribution in [0.25, 0.3) is 0 Å². The third-order valence-electron chi connectivity index (χ3n) is 7.70. The molecular weight excluding hydrogens is 523 g/mol. The van der Waals surface area contributed by atoms with E-state index < -0.39 is 65.0 Å². The number of rotatable bonds is 9. The number of ether oxygens (including phenoxy) is 1. The molecule has 0 spiro atoms. The fourth-order valence-electron chi connectivity index (χ4n) is 5.77. The van der Waals surface area contributed by atoms with Gasteiger partial charge in [-0.2, -0.15) is 18.3 Å². The van der Waals surface area contributed by atoms with Gasteiger partial charge in [0, 0.05) is 17.0 Å². The topological polar surface area (TPSA) is 80.4 Å². The number of aliphatic hydroxyl groups excluding tert-OH is 1. The number of benzene rings is 2. The lowest BCUT2D eigenvalue weighted by atomic mass is 9.30. The number of aliphatic hydroxyl groups is 2. The van der Waals surface area contributed by atoms with E-state index in [4.69, 9.17) is 9.84 Å². The lowest BCUT2D eigenvalue weighted by Crippen LogP contribution is -2.76. The smallest absolute Gasteiger partial charge is 0.417 e. The summed E-state index contributed by atoms with van der Waals surface area (Å²) < 4.78 is 104. The van der Waals surface area contributed by atoms with Crippen LogP contribution >= 0.6 is 0 Å². The van der Waals surface area contributed by atoms with Gasteiger partial charge in [-0.05, 0) is 54.5 Å². The highest BCUT2D eigenvalue weighted by Gasteiger charge is 2.82. The Morgan fingerprint density at radius 2 is 1.66 bits per heavy atom. The maximum absolute atomic E-state index is 16.2. The molecule has 3 fully saturated rings. The van der Waals surface area contributed by atoms with Crippen molar-refractivity contribution >= 4 is 0 Å². The molecule has 1 aromatic heterocycles. The summed E-state index contributed by atoms with van der Waals surface area (Å²) in [6.45, 7) is -1.82. The molecule has 13 heteroatoms. The molecule has 2 bridgehead atoms. The molecular formula is C25H22F7N3O3. The van der Waals surface area contributed by atoms with Crippen molar-refractivity contribution in [1.82, 2.24) is 14.8 Å². The Morgan fingerprint density at radius 1 is 1.00 bits per heavy atom. The molecule has 3 aromatic rings. The maximum Gasteiger partial charge on any atom is 0.417 e. The quantitative estimate of drug-likeness (QED) is 0.387. The predicted octanol–water partition coefficient (Wildman–Crippen LogP) is 4.50. The molecule has 6 nitrogen and oxygen atoms in total. The normalized spacial score (nSPS) is 25.2. The van der Waals surface area contributed by atoms with E-state index in [-0.39, 0.29) is 25.0 Å². The van der Waals surface area contributed by atoms with Gasteiger partial charge in [-0.3, -0.25) is 0 Å². The Bertz CT molecular complexity index is 1290. The summed E-state index contributed by atoms with van der Waals surface area (Å²) in [6, 6.07) is 7.90. The van der Waals surface area contributed by atoms with E-state index >= 15 is 8.78 Å². The van der Waals surface area contributed by atoms with Crippen molar-refractivity contribution in [1.29, 1.82) is 0 Å². The molecule has 38 heavy (non-hydrogen) atoms. The second-order valence-electron chi connectivity index (χ2n) is 10.1. The first-order valence-electron chi connectivity index (χ1n) is 11.6. The van der Waals surface area contributed by atoms with Gasteiger partial charge in [-0.15, -0.1) is 0 Å². The minimum Gasteiger partial charge on any atom is -0.491 e. The van der Waals surface area contributed by atoms with E-state index in [1.54, 1.807) is 12.1 Å². The summed E-state index contributed by atoms with van der Waals surface area (Å²) in [5.74, 6) is -6.09. The summed E-state index contributed by atoms with van der Waals surface area (Å²) in [7, 11) is 0. The molecule has 0 radical (unpaired) electrons. The number of halogens is 7. The van der Waals surface area contributed by atoms with Crippen LogP contribution in [0.5, 0.6) is 5.75 Å². The van der Waals surface area contributed by atoms with Gasteiger partial charge in [0.2, 0.25) is 0 Å². The lowest BCUT2D eigenvalue weighted by Gasteiger charge is -2.74. The van der Waals surface area contributed by atoms with Crippen LogP contribution in [-0.4, -0.2) is 49.8 Å². The van der Waals surface area contributed by atoms with Gasteiger partial charge < -0.3 is 14.9 Å². The largest absolute Gasteiger partial charge is 0.491 e. The zero-order valence-corrected chi connectivity index (χ0v) is 19.6. The van der Waals surface area contributed by atoms with Crippen molar-refractivity contribution < 1.29 is 45.7 Å². The van der Waals surface area contributed by atoms with Crippen LogP contribution in [0.15, 0.2) is 55.1 Å². The maximum atomic E-state index is 16.2. The zero-order valence-electron chi connectivity index (χ0n) is 19.6. The van der Waals surface area contributed by atoms with Gasteiger partial charge in [-0.1, -0.05) is 12.1 Å². The highest BCUT2D eigenvalue weighted by molar-refractivity contribution is 5.44. The molecule has 1 heterocycles. The van der Waals surface area contributed by atoms with Crippen LogP contribution in [0.3, 0.4) is 0 Å². The molecule has 0 aliphatic heterocycles. The van der Waals surface area contributed by atoms with E-state index in [9.17, 15) is 27.1 Å². The number of hydrogen-bond acceptors (Lipinski definition) is 5. The van der Waals surface area contributed by atoms with Gasteiger partial charge in [0.15, 0.2) is 11.7 Å². The SMILES string of the molecule is O[C@@H](COc1ccc(C23CC(C(F)(F)[C@](O)(Cn4cncn4)c4ccc(F)cc4F)(C2)C3)cc1)C(F)(F)F. The molecule has 6 rings (SSSR count). The van der Waals surface area contributed by atoms with Gasteiger partial charge in [0.25, 0.3) is 5.92 Å². The van der Waals surface area contributed by atoms with Gasteiger partial charge in [0.1, 0.15) is 36.6 Å². The Labute approximate surface area is 211 Å². The number of nitrogens with zero attached hydrogens (tertiary/aromatic N) is 3. The summed E-state index contributed by atoms with van der Waals surface area (Å²) in [4.78, 5) is 3.68. The Kier molecular flexibility index (Phi) is 6.02. The van der Waals surface area contributed by atoms with E-state index in [1.807, 2.05) is 0 Å². The number of hydrogen-bond donors (Lipinski definition) is 2. The monoisotopic (exact) mass is 545 g/mol. The fraction of sp³-hybridized carbons (Fsp3) is 0.440. The third kappa shape index (κ3) is 4.03. The fourth-order valence-corrected chi connectivity index (χ4v) is 5.77. The Balaban J connectivity index is 1.35.